The fourth-order valence-corrected chi connectivity index (χ4v) is 2.26. The summed E-state index contributed by atoms with van der Waals surface area (Å²) in [5.41, 5.74) is 1.73. The fraction of sp³-hybridized carbons (Fsp3) is 0.538. The summed E-state index contributed by atoms with van der Waals surface area (Å²) in [4.78, 5) is 10.5. The summed E-state index contributed by atoms with van der Waals surface area (Å²) in [5.74, 6) is 0.659. The first kappa shape index (κ1) is 12.8. The molecule has 2 N–H and O–H groups in total. The number of piperidine rings is 1. The van der Waals surface area contributed by atoms with Crippen molar-refractivity contribution in [1.29, 1.82) is 0 Å². The van der Waals surface area contributed by atoms with Crippen LogP contribution in [0.25, 0.3) is 0 Å². The Kier molecular flexibility index (Phi) is 4.15. The Balaban J connectivity index is 1.96. The minimum Gasteiger partial charge on any atom is -0.385 e. The minimum atomic E-state index is -0.328. The van der Waals surface area contributed by atoms with Gasteiger partial charge >= 0.3 is 0 Å². The summed E-state index contributed by atoms with van der Waals surface area (Å²) in [6.07, 6.45) is 2.34. The Morgan fingerprint density at radius 3 is 2.83 bits per heavy atom. The molecule has 2 rings (SSSR count). The molecule has 0 unspecified atom stereocenters. The molecule has 0 atom stereocenters. The second-order valence-corrected chi connectivity index (χ2v) is 4.83. The number of benzene rings is 1. The van der Waals surface area contributed by atoms with E-state index >= 15 is 0 Å². The molecule has 0 spiro atoms. The molecule has 98 valence electrons. The van der Waals surface area contributed by atoms with Crippen molar-refractivity contribution in [3.63, 3.8) is 0 Å². The van der Waals surface area contributed by atoms with Crippen molar-refractivity contribution in [2.75, 3.05) is 25.0 Å². The first-order chi connectivity index (χ1) is 8.66. The van der Waals surface area contributed by atoms with Gasteiger partial charge in [-0.3, -0.25) is 10.1 Å². The van der Waals surface area contributed by atoms with Crippen LogP contribution in [0.15, 0.2) is 18.2 Å². The van der Waals surface area contributed by atoms with Crippen molar-refractivity contribution in [2.45, 2.75) is 19.8 Å². The SMILES string of the molecule is Cc1ccc(NCC2CCNCC2)cc1[N+](=O)[O-]. The van der Waals surface area contributed by atoms with Gasteiger partial charge in [-0.25, -0.2) is 0 Å². The highest BCUT2D eigenvalue weighted by Crippen LogP contribution is 2.23. The van der Waals surface area contributed by atoms with E-state index in [-0.39, 0.29) is 10.6 Å². The largest absolute Gasteiger partial charge is 0.385 e. The van der Waals surface area contributed by atoms with Gasteiger partial charge < -0.3 is 10.6 Å². The van der Waals surface area contributed by atoms with E-state index in [4.69, 9.17) is 0 Å². The van der Waals surface area contributed by atoms with Gasteiger partial charge in [-0.05, 0) is 44.8 Å². The molecule has 5 nitrogen and oxygen atoms in total. The molecule has 1 heterocycles. The van der Waals surface area contributed by atoms with Gasteiger partial charge in [-0.1, -0.05) is 6.07 Å². The third-order valence-electron chi connectivity index (χ3n) is 3.46. The van der Waals surface area contributed by atoms with E-state index in [0.29, 0.717) is 11.5 Å². The summed E-state index contributed by atoms with van der Waals surface area (Å²) < 4.78 is 0. The Hall–Kier alpha value is -1.62. The van der Waals surface area contributed by atoms with Crippen molar-refractivity contribution in [2.24, 2.45) is 5.92 Å². The molecule has 1 aromatic carbocycles. The van der Waals surface area contributed by atoms with E-state index in [1.54, 1.807) is 19.1 Å². The van der Waals surface area contributed by atoms with E-state index in [1.165, 1.54) is 12.8 Å². The highest BCUT2D eigenvalue weighted by Gasteiger charge is 2.14. The zero-order valence-corrected chi connectivity index (χ0v) is 10.6. The van der Waals surface area contributed by atoms with Gasteiger partial charge in [-0.2, -0.15) is 0 Å². The van der Waals surface area contributed by atoms with Gasteiger partial charge in [0.2, 0.25) is 0 Å². The maximum absolute atomic E-state index is 10.8. The number of anilines is 1. The van der Waals surface area contributed by atoms with E-state index in [2.05, 4.69) is 10.6 Å². The number of nitro groups is 1. The molecule has 0 aromatic heterocycles. The molecule has 0 aliphatic carbocycles. The van der Waals surface area contributed by atoms with E-state index in [1.807, 2.05) is 6.07 Å². The minimum absolute atomic E-state index is 0.185. The molecule has 1 aliphatic rings. The molecule has 5 heteroatoms. The zero-order valence-electron chi connectivity index (χ0n) is 10.6. The number of rotatable bonds is 4. The number of aryl methyl sites for hydroxylation is 1. The third-order valence-corrected chi connectivity index (χ3v) is 3.46. The molecule has 0 amide bonds. The van der Waals surface area contributed by atoms with Gasteiger partial charge in [-0.15, -0.1) is 0 Å². The van der Waals surface area contributed by atoms with Crippen LogP contribution in [-0.4, -0.2) is 24.6 Å². The second-order valence-electron chi connectivity index (χ2n) is 4.83. The monoisotopic (exact) mass is 249 g/mol. The topological polar surface area (TPSA) is 67.2 Å². The Morgan fingerprint density at radius 2 is 2.17 bits per heavy atom. The van der Waals surface area contributed by atoms with Crippen LogP contribution in [0.3, 0.4) is 0 Å². The summed E-state index contributed by atoms with van der Waals surface area (Å²) in [7, 11) is 0. The zero-order chi connectivity index (χ0) is 13.0. The molecule has 18 heavy (non-hydrogen) atoms. The first-order valence-corrected chi connectivity index (χ1v) is 6.36. The van der Waals surface area contributed by atoms with Crippen LogP contribution in [0.4, 0.5) is 11.4 Å². The average molecular weight is 249 g/mol. The van der Waals surface area contributed by atoms with E-state index in [0.717, 1.165) is 25.3 Å². The van der Waals surface area contributed by atoms with Crippen LogP contribution >= 0.6 is 0 Å². The summed E-state index contributed by atoms with van der Waals surface area (Å²) in [6, 6.07) is 5.32. The van der Waals surface area contributed by atoms with Crippen molar-refractivity contribution in [3.05, 3.63) is 33.9 Å². The highest BCUT2D eigenvalue weighted by atomic mass is 16.6. The van der Waals surface area contributed by atoms with Gasteiger partial charge in [0.1, 0.15) is 0 Å². The lowest BCUT2D eigenvalue weighted by Crippen LogP contribution is -2.31. The molecular weight excluding hydrogens is 230 g/mol. The van der Waals surface area contributed by atoms with Crippen molar-refractivity contribution in [1.82, 2.24) is 5.32 Å². The summed E-state index contributed by atoms with van der Waals surface area (Å²) in [5, 5.41) is 17.5. The van der Waals surface area contributed by atoms with Crippen molar-refractivity contribution < 1.29 is 4.92 Å². The Bertz CT molecular complexity index is 428. The molecule has 1 saturated heterocycles. The molecule has 0 saturated carbocycles. The lowest BCUT2D eigenvalue weighted by Gasteiger charge is -2.23. The number of hydrogen-bond donors (Lipinski definition) is 2. The van der Waals surface area contributed by atoms with E-state index in [9.17, 15) is 10.1 Å². The third kappa shape index (κ3) is 3.20. The highest BCUT2D eigenvalue weighted by molar-refractivity contribution is 5.54. The maximum atomic E-state index is 10.8. The molecule has 0 bridgehead atoms. The summed E-state index contributed by atoms with van der Waals surface area (Å²) in [6.45, 7) is 4.79. The Morgan fingerprint density at radius 1 is 1.44 bits per heavy atom. The van der Waals surface area contributed by atoms with Crippen LogP contribution in [0, 0.1) is 23.0 Å². The van der Waals surface area contributed by atoms with Crippen LogP contribution in [-0.2, 0) is 0 Å². The number of nitrogens with zero attached hydrogens (tertiary/aromatic N) is 1. The maximum Gasteiger partial charge on any atom is 0.274 e. The normalized spacial score (nSPS) is 16.5. The molecule has 1 aromatic rings. The lowest BCUT2D eigenvalue weighted by atomic mass is 9.98. The molecule has 1 aliphatic heterocycles. The molecular formula is C13H19N3O2. The van der Waals surface area contributed by atoms with Crippen molar-refractivity contribution in [3.8, 4) is 0 Å². The van der Waals surface area contributed by atoms with Gasteiger partial charge in [0, 0.05) is 23.9 Å². The lowest BCUT2D eigenvalue weighted by molar-refractivity contribution is -0.385. The quantitative estimate of drug-likeness (QED) is 0.634. The van der Waals surface area contributed by atoms with Gasteiger partial charge in [0.15, 0.2) is 0 Å². The standard InChI is InChI=1S/C13H19N3O2/c1-10-2-3-12(8-13(10)16(17)18)15-9-11-4-6-14-7-5-11/h2-3,8,11,14-15H,4-7,9H2,1H3. The molecule has 0 radical (unpaired) electrons. The number of nitrogens with one attached hydrogen (secondary N) is 2. The summed E-state index contributed by atoms with van der Waals surface area (Å²) >= 11 is 0. The predicted molar refractivity (Wildman–Crippen MR) is 71.9 cm³/mol. The van der Waals surface area contributed by atoms with Crippen LogP contribution in [0.1, 0.15) is 18.4 Å². The fourth-order valence-electron chi connectivity index (χ4n) is 2.26. The van der Waals surface area contributed by atoms with Gasteiger partial charge in [0.05, 0.1) is 4.92 Å². The number of hydrogen-bond acceptors (Lipinski definition) is 4. The predicted octanol–water partition coefficient (Wildman–Crippen LogP) is 2.31. The van der Waals surface area contributed by atoms with Crippen molar-refractivity contribution >= 4 is 11.4 Å². The molecule has 1 fully saturated rings. The average Bonchev–Trinajstić information content (AvgIpc) is 2.38. The smallest absolute Gasteiger partial charge is 0.274 e. The van der Waals surface area contributed by atoms with Crippen LogP contribution in [0.2, 0.25) is 0 Å². The van der Waals surface area contributed by atoms with Crippen LogP contribution in [0.5, 0.6) is 0 Å². The van der Waals surface area contributed by atoms with Gasteiger partial charge in [0.25, 0.3) is 5.69 Å². The number of nitro benzene ring substituents is 1. The van der Waals surface area contributed by atoms with E-state index < -0.39 is 0 Å². The Labute approximate surface area is 107 Å². The first-order valence-electron chi connectivity index (χ1n) is 6.36. The second kappa shape index (κ2) is 5.82. The van der Waals surface area contributed by atoms with Crippen LogP contribution < -0.4 is 10.6 Å².